The first kappa shape index (κ1) is 16.5. The molecule has 2 amide bonds. The largest absolute Gasteiger partial charge is 0.484 e. The summed E-state index contributed by atoms with van der Waals surface area (Å²) in [6.45, 7) is 3.77. The maximum Gasteiger partial charge on any atom is 0.258 e. The summed E-state index contributed by atoms with van der Waals surface area (Å²) >= 11 is 0. The minimum Gasteiger partial charge on any atom is -0.484 e. The van der Waals surface area contributed by atoms with E-state index in [4.69, 9.17) is 4.74 Å². The molecule has 0 aliphatic rings. The molecule has 0 radical (unpaired) electrons. The van der Waals surface area contributed by atoms with E-state index < -0.39 is 0 Å². The number of hydrogen-bond donors (Lipinski definition) is 2. The second-order valence-electron chi connectivity index (χ2n) is 5.23. The first-order valence-electron chi connectivity index (χ1n) is 7.36. The first-order valence-corrected chi connectivity index (χ1v) is 7.36. The number of rotatable bonds is 6. The van der Waals surface area contributed by atoms with Crippen LogP contribution in [0.4, 0.5) is 5.69 Å². The van der Waals surface area contributed by atoms with Crippen LogP contribution in [0.3, 0.4) is 0 Å². The van der Waals surface area contributed by atoms with Crippen molar-refractivity contribution in [3.8, 4) is 5.75 Å². The quantitative estimate of drug-likeness (QED) is 0.861. The van der Waals surface area contributed by atoms with Crippen molar-refractivity contribution in [1.29, 1.82) is 0 Å². The zero-order valence-corrected chi connectivity index (χ0v) is 13.3. The number of carbonyl (C=O) groups is 2. The number of nitrogens with one attached hydrogen (secondary N) is 2. The summed E-state index contributed by atoms with van der Waals surface area (Å²) in [5, 5.41) is 5.27. The number of ether oxygens (including phenoxy) is 1. The summed E-state index contributed by atoms with van der Waals surface area (Å²) in [5.74, 6) is -0.00682. The highest BCUT2D eigenvalue weighted by molar-refractivity contribution is 5.94. The van der Waals surface area contributed by atoms with E-state index in [0.29, 0.717) is 11.4 Å². The lowest BCUT2D eigenvalue weighted by Crippen LogP contribution is -2.35. The molecule has 23 heavy (non-hydrogen) atoms. The Kier molecular flexibility index (Phi) is 5.74. The molecule has 0 fully saturated rings. The second-order valence-corrected chi connectivity index (χ2v) is 5.23. The number of para-hydroxylation sites is 1. The molecule has 120 valence electrons. The molecule has 0 atom stereocenters. The highest BCUT2D eigenvalue weighted by atomic mass is 16.5. The molecular formula is C18H20N2O3. The van der Waals surface area contributed by atoms with Crippen molar-refractivity contribution in [3.05, 3.63) is 59.7 Å². The van der Waals surface area contributed by atoms with Crippen molar-refractivity contribution in [2.75, 3.05) is 18.5 Å². The monoisotopic (exact) mass is 312 g/mol. The number of aryl methyl sites for hydroxylation is 2. The molecular weight excluding hydrogens is 292 g/mol. The van der Waals surface area contributed by atoms with E-state index in [1.807, 2.05) is 50.2 Å². The van der Waals surface area contributed by atoms with Gasteiger partial charge >= 0.3 is 0 Å². The third kappa shape index (κ3) is 5.47. The minimum atomic E-state index is -0.343. The van der Waals surface area contributed by atoms with Crippen LogP contribution in [0.25, 0.3) is 0 Å². The zero-order chi connectivity index (χ0) is 16.7. The fourth-order valence-corrected chi connectivity index (χ4v) is 1.92. The predicted octanol–water partition coefficient (Wildman–Crippen LogP) is 2.44. The van der Waals surface area contributed by atoms with Gasteiger partial charge in [0.2, 0.25) is 5.91 Å². The molecule has 0 spiro atoms. The summed E-state index contributed by atoms with van der Waals surface area (Å²) in [5.41, 5.74) is 2.98. The van der Waals surface area contributed by atoms with E-state index in [1.54, 1.807) is 12.1 Å². The van der Waals surface area contributed by atoms with Crippen LogP contribution < -0.4 is 15.4 Å². The van der Waals surface area contributed by atoms with Crippen molar-refractivity contribution < 1.29 is 14.3 Å². The Morgan fingerprint density at radius 2 is 1.70 bits per heavy atom. The lowest BCUT2D eigenvalue weighted by atomic mass is 10.1. The number of benzene rings is 2. The van der Waals surface area contributed by atoms with Gasteiger partial charge in [-0.3, -0.25) is 9.59 Å². The van der Waals surface area contributed by atoms with Crippen molar-refractivity contribution >= 4 is 17.5 Å². The molecule has 2 aromatic carbocycles. The van der Waals surface area contributed by atoms with Crippen molar-refractivity contribution in [2.45, 2.75) is 13.8 Å². The van der Waals surface area contributed by atoms with Gasteiger partial charge in [0, 0.05) is 5.69 Å². The fourth-order valence-electron chi connectivity index (χ4n) is 1.92. The van der Waals surface area contributed by atoms with Crippen LogP contribution in [0.1, 0.15) is 11.1 Å². The lowest BCUT2D eigenvalue weighted by molar-refractivity contribution is -0.125. The number of anilines is 1. The SMILES string of the molecule is Cc1ccc(NC(=O)CNC(=O)COc2ccccc2)cc1C. The molecule has 0 aliphatic heterocycles. The number of hydrogen-bond acceptors (Lipinski definition) is 3. The molecule has 0 bridgehead atoms. The van der Waals surface area contributed by atoms with Crippen LogP contribution in [0, 0.1) is 13.8 Å². The predicted molar refractivity (Wildman–Crippen MR) is 89.5 cm³/mol. The standard InChI is InChI=1S/C18H20N2O3/c1-13-8-9-15(10-14(13)2)20-17(21)11-19-18(22)12-23-16-6-4-3-5-7-16/h3-10H,11-12H2,1-2H3,(H,19,22)(H,20,21). The average molecular weight is 312 g/mol. The van der Waals surface area contributed by atoms with Crippen molar-refractivity contribution in [1.82, 2.24) is 5.32 Å². The van der Waals surface area contributed by atoms with Gasteiger partial charge in [0.05, 0.1) is 6.54 Å². The molecule has 5 nitrogen and oxygen atoms in total. The van der Waals surface area contributed by atoms with E-state index in [9.17, 15) is 9.59 Å². The Labute approximate surface area is 135 Å². The van der Waals surface area contributed by atoms with Crippen LogP contribution in [0.5, 0.6) is 5.75 Å². The van der Waals surface area contributed by atoms with Gasteiger partial charge in [-0.05, 0) is 49.2 Å². The molecule has 0 unspecified atom stereocenters. The smallest absolute Gasteiger partial charge is 0.258 e. The molecule has 0 aromatic heterocycles. The van der Waals surface area contributed by atoms with E-state index in [-0.39, 0.29) is 25.0 Å². The van der Waals surface area contributed by atoms with Crippen LogP contribution in [0.15, 0.2) is 48.5 Å². The summed E-state index contributed by atoms with van der Waals surface area (Å²) < 4.78 is 5.30. The molecule has 5 heteroatoms. The van der Waals surface area contributed by atoms with E-state index >= 15 is 0 Å². The third-order valence-electron chi connectivity index (χ3n) is 3.35. The maximum atomic E-state index is 11.8. The molecule has 0 saturated carbocycles. The Morgan fingerprint density at radius 3 is 2.39 bits per heavy atom. The Bertz CT molecular complexity index is 684. The van der Waals surface area contributed by atoms with Gasteiger partial charge in [0.15, 0.2) is 6.61 Å². The molecule has 0 saturated heterocycles. The number of amides is 2. The van der Waals surface area contributed by atoms with Crippen LogP contribution in [0.2, 0.25) is 0 Å². The van der Waals surface area contributed by atoms with Gasteiger partial charge < -0.3 is 15.4 Å². The minimum absolute atomic E-state index is 0.0933. The molecule has 2 N–H and O–H groups in total. The number of carbonyl (C=O) groups excluding carboxylic acids is 2. The summed E-state index contributed by atoms with van der Waals surface area (Å²) in [4.78, 5) is 23.5. The summed E-state index contributed by atoms with van der Waals surface area (Å²) in [7, 11) is 0. The van der Waals surface area contributed by atoms with Crippen LogP contribution in [-0.2, 0) is 9.59 Å². The van der Waals surface area contributed by atoms with E-state index in [2.05, 4.69) is 10.6 Å². The summed E-state index contributed by atoms with van der Waals surface area (Å²) in [6.07, 6.45) is 0. The van der Waals surface area contributed by atoms with Gasteiger partial charge in [0.25, 0.3) is 5.91 Å². The van der Waals surface area contributed by atoms with E-state index in [1.165, 1.54) is 0 Å². The normalized spacial score (nSPS) is 10.0. The zero-order valence-electron chi connectivity index (χ0n) is 13.3. The van der Waals surface area contributed by atoms with Crippen LogP contribution >= 0.6 is 0 Å². The lowest BCUT2D eigenvalue weighted by Gasteiger charge is -2.09. The maximum absolute atomic E-state index is 11.8. The Balaban J connectivity index is 1.73. The first-order chi connectivity index (χ1) is 11.0. The van der Waals surface area contributed by atoms with Crippen LogP contribution in [-0.4, -0.2) is 25.0 Å². The van der Waals surface area contributed by atoms with Gasteiger partial charge in [-0.15, -0.1) is 0 Å². The molecule has 2 rings (SSSR count). The third-order valence-corrected chi connectivity index (χ3v) is 3.35. The molecule has 2 aromatic rings. The molecule has 0 heterocycles. The van der Waals surface area contributed by atoms with Crippen molar-refractivity contribution in [3.63, 3.8) is 0 Å². The Morgan fingerprint density at radius 1 is 0.957 bits per heavy atom. The average Bonchev–Trinajstić information content (AvgIpc) is 2.55. The topological polar surface area (TPSA) is 67.4 Å². The molecule has 0 aliphatic carbocycles. The van der Waals surface area contributed by atoms with Gasteiger partial charge in [0.1, 0.15) is 5.75 Å². The van der Waals surface area contributed by atoms with Gasteiger partial charge in [-0.1, -0.05) is 24.3 Å². The Hall–Kier alpha value is -2.82. The van der Waals surface area contributed by atoms with E-state index in [0.717, 1.165) is 11.1 Å². The van der Waals surface area contributed by atoms with Gasteiger partial charge in [-0.2, -0.15) is 0 Å². The van der Waals surface area contributed by atoms with Gasteiger partial charge in [-0.25, -0.2) is 0 Å². The highest BCUT2D eigenvalue weighted by Crippen LogP contribution is 2.13. The van der Waals surface area contributed by atoms with Crippen molar-refractivity contribution in [2.24, 2.45) is 0 Å². The summed E-state index contributed by atoms with van der Waals surface area (Å²) in [6, 6.07) is 14.7. The second kappa shape index (κ2) is 7.98. The fraction of sp³-hybridized carbons (Fsp3) is 0.222. The highest BCUT2D eigenvalue weighted by Gasteiger charge is 2.07.